The van der Waals surface area contributed by atoms with Crippen LogP contribution < -0.4 is 10.3 Å². The highest BCUT2D eigenvalue weighted by atomic mass is 32.2. The summed E-state index contributed by atoms with van der Waals surface area (Å²) in [5.41, 5.74) is -1.34. The Balaban J connectivity index is 2.70. The molecule has 0 atom stereocenters. The Kier molecular flexibility index (Phi) is 4.42. The van der Waals surface area contributed by atoms with Crippen LogP contribution in [0.4, 0.5) is 13.2 Å². The number of thioether (sulfide) groups is 1. The number of aromatic amines is 1. The third kappa shape index (κ3) is 3.40. The van der Waals surface area contributed by atoms with Crippen LogP contribution >= 0.6 is 11.8 Å². The molecule has 0 aliphatic carbocycles. The van der Waals surface area contributed by atoms with E-state index in [1.165, 1.54) is 18.2 Å². The molecule has 2 rings (SSSR count). The summed E-state index contributed by atoms with van der Waals surface area (Å²) < 4.78 is 41.3. The number of hydrogen-bond acceptors (Lipinski definition) is 5. The summed E-state index contributed by atoms with van der Waals surface area (Å²) in [5.74, 6) is -0.531. The van der Waals surface area contributed by atoms with Crippen molar-refractivity contribution in [3.05, 3.63) is 40.2 Å². The van der Waals surface area contributed by atoms with Gasteiger partial charge in [0.1, 0.15) is 23.1 Å². The second-order valence-electron chi connectivity index (χ2n) is 3.95. The minimum Gasteiger partial charge on any atom is -0.405 e. The molecule has 1 aromatic carbocycles. The molecule has 2 aromatic rings. The van der Waals surface area contributed by atoms with Crippen LogP contribution in [0, 0.1) is 11.3 Å². The van der Waals surface area contributed by atoms with E-state index in [1.807, 2.05) is 0 Å². The molecule has 0 saturated carbocycles. The van der Waals surface area contributed by atoms with Gasteiger partial charge in [0.05, 0.1) is 0 Å². The van der Waals surface area contributed by atoms with Gasteiger partial charge in [-0.1, -0.05) is 23.9 Å². The van der Waals surface area contributed by atoms with Gasteiger partial charge in [-0.3, -0.25) is 4.79 Å². The lowest BCUT2D eigenvalue weighted by atomic mass is 10.1. The minimum absolute atomic E-state index is 0.0854. The molecule has 0 spiro atoms. The van der Waals surface area contributed by atoms with Crippen LogP contribution in [0.25, 0.3) is 11.3 Å². The number of nitriles is 1. The van der Waals surface area contributed by atoms with E-state index in [0.29, 0.717) is 0 Å². The number of halogens is 3. The smallest absolute Gasteiger partial charge is 0.405 e. The van der Waals surface area contributed by atoms with E-state index in [1.54, 1.807) is 12.3 Å². The van der Waals surface area contributed by atoms with Crippen molar-refractivity contribution in [1.29, 1.82) is 5.26 Å². The number of ether oxygens (including phenoxy) is 1. The fourth-order valence-corrected chi connectivity index (χ4v) is 2.10. The fraction of sp³-hybridized carbons (Fsp3) is 0.154. The molecular weight excluding hydrogens is 319 g/mol. The number of aromatic nitrogens is 2. The summed E-state index contributed by atoms with van der Waals surface area (Å²) in [6.07, 6.45) is -3.27. The summed E-state index contributed by atoms with van der Waals surface area (Å²) in [6, 6.07) is 6.85. The standard InChI is InChI=1S/C13H8F3N3O2S/c1-22-12-18-10(8(6-17)11(20)19-12)7-4-2-3-5-9(7)21-13(14,15)16/h2-5H,1H3,(H,18,19,20). The largest absolute Gasteiger partial charge is 0.573 e. The first kappa shape index (κ1) is 15.9. The quantitative estimate of drug-likeness (QED) is 0.693. The summed E-state index contributed by atoms with van der Waals surface area (Å²) in [7, 11) is 0. The van der Waals surface area contributed by atoms with E-state index in [9.17, 15) is 18.0 Å². The number of rotatable bonds is 3. The first-order valence-corrected chi connectivity index (χ1v) is 7.01. The average Bonchev–Trinajstić information content (AvgIpc) is 2.45. The first-order chi connectivity index (χ1) is 10.4. The molecule has 9 heteroatoms. The van der Waals surface area contributed by atoms with Crippen LogP contribution in [0.1, 0.15) is 5.56 Å². The second kappa shape index (κ2) is 6.11. The van der Waals surface area contributed by atoms with E-state index in [0.717, 1.165) is 17.8 Å². The zero-order valence-corrected chi connectivity index (χ0v) is 11.9. The minimum atomic E-state index is -4.90. The van der Waals surface area contributed by atoms with Gasteiger partial charge in [0.25, 0.3) is 5.56 Å². The lowest BCUT2D eigenvalue weighted by molar-refractivity contribution is -0.274. The van der Waals surface area contributed by atoms with Crippen LogP contribution in [-0.2, 0) is 0 Å². The molecule has 1 N–H and O–H groups in total. The van der Waals surface area contributed by atoms with Crippen LogP contribution in [0.3, 0.4) is 0 Å². The molecule has 1 aromatic heterocycles. The predicted molar refractivity (Wildman–Crippen MR) is 73.5 cm³/mol. The average molecular weight is 327 g/mol. The monoisotopic (exact) mass is 327 g/mol. The molecule has 114 valence electrons. The Bertz CT molecular complexity index is 796. The van der Waals surface area contributed by atoms with Gasteiger partial charge in [-0.05, 0) is 18.4 Å². The highest BCUT2D eigenvalue weighted by molar-refractivity contribution is 7.98. The van der Waals surface area contributed by atoms with E-state index in [4.69, 9.17) is 5.26 Å². The molecule has 0 radical (unpaired) electrons. The van der Waals surface area contributed by atoms with Crippen LogP contribution in [-0.4, -0.2) is 22.6 Å². The molecule has 5 nitrogen and oxygen atoms in total. The summed E-state index contributed by atoms with van der Waals surface area (Å²) >= 11 is 1.09. The molecule has 0 unspecified atom stereocenters. The molecule has 1 heterocycles. The lowest BCUT2D eigenvalue weighted by Gasteiger charge is -2.13. The molecule has 22 heavy (non-hydrogen) atoms. The highest BCUT2D eigenvalue weighted by Gasteiger charge is 2.32. The number of alkyl halides is 3. The molecule has 0 saturated heterocycles. The highest BCUT2D eigenvalue weighted by Crippen LogP contribution is 2.33. The normalized spacial score (nSPS) is 11.0. The molecule has 0 aliphatic rings. The summed E-state index contributed by atoms with van der Waals surface area (Å²) in [6.45, 7) is 0. The number of benzene rings is 1. The van der Waals surface area contributed by atoms with E-state index < -0.39 is 17.7 Å². The maximum Gasteiger partial charge on any atom is 0.573 e. The molecule has 0 aliphatic heterocycles. The van der Waals surface area contributed by atoms with Crippen molar-refractivity contribution < 1.29 is 17.9 Å². The van der Waals surface area contributed by atoms with Gasteiger partial charge in [-0.25, -0.2) is 4.98 Å². The molecule has 0 bridgehead atoms. The van der Waals surface area contributed by atoms with Crippen LogP contribution in [0.2, 0.25) is 0 Å². The van der Waals surface area contributed by atoms with Gasteiger partial charge >= 0.3 is 6.36 Å². The number of H-pyrrole nitrogens is 1. The van der Waals surface area contributed by atoms with E-state index in [2.05, 4.69) is 14.7 Å². The van der Waals surface area contributed by atoms with Crippen molar-refractivity contribution >= 4 is 11.8 Å². The van der Waals surface area contributed by atoms with Gasteiger partial charge in [-0.2, -0.15) is 5.26 Å². The second-order valence-corrected chi connectivity index (χ2v) is 4.75. The summed E-state index contributed by atoms with van der Waals surface area (Å²) in [5, 5.41) is 9.25. The maximum atomic E-state index is 12.5. The third-order valence-electron chi connectivity index (χ3n) is 2.57. The van der Waals surface area contributed by atoms with Crippen molar-refractivity contribution in [3.8, 4) is 23.1 Å². The van der Waals surface area contributed by atoms with Gasteiger partial charge in [0.15, 0.2) is 5.16 Å². The maximum absolute atomic E-state index is 12.5. The van der Waals surface area contributed by atoms with Crippen LogP contribution in [0.15, 0.2) is 34.2 Å². The third-order valence-corrected chi connectivity index (χ3v) is 3.15. The zero-order valence-electron chi connectivity index (χ0n) is 11.1. The molecular formula is C13H8F3N3O2S. The van der Waals surface area contributed by atoms with E-state index in [-0.39, 0.29) is 22.0 Å². The van der Waals surface area contributed by atoms with Crippen molar-refractivity contribution in [2.24, 2.45) is 0 Å². The van der Waals surface area contributed by atoms with Crippen molar-refractivity contribution in [3.63, 3.8) is 0 Å². The Morgan fingerprint density at radius 2 is 2.05 bits per heavy atom. The zero-order chi connectivity index (χ0) is 16.3. The number of nitrogens with zero attached hydrogens (tertiary/aromatic N) is 2. The number of hydrogen-bond donors (Lipinski definition) is 1. The molecule has 0 amide bonds. The van der Waals surface area contributed by atoms with Crippen molar-refractivity contribution in [1.82, 2.24) is 9.97 Å². The Morgan fingerprint density at radius 3 is 2.64 bits per heavy atom. The van der Waals surface area contributed by atoms with Gasteiger partial charge < -0.3 is 9.72 Å². The van der Waals surface area contributed by atoms with E-state index >= 15 is 0 Å². The Morgan fingerprint density at radius 1 is 1.36 bits per heavy atom. The van der Waals surface area contributed by atoms with Gasteiger partial charge in [0, 0.05) is 5.56 Å². The van der Waals surface area contributed by atoms with Crippen molar-refractivity contribution in [2.75, 3.05) is 6.26 Å². The van der Waals surface area contributed by atoms with Gasteiger partial charge in [-0.15, -0.1) is 13.2 Å². The number of nitrogens with one attached hydrogen (secondary N) is 1. The van der Waals surface area contributed by atoms with Crippen molar-refractivity contribution in [2.45, 2.75) is 11.5 Å². The Hall–Kier alpha value is -2.47. The summed E-state index contributed by atoms with van der Waals surface area (Å²) in [4.78, 5) is 18.2. The molecule has 0 fully saturated rings. The fourth-order valence-electron chi connectivity index (χ4n) is 1.72. The Labute approximate surface area is 126 Å². The van der Waals surface area contributed by atoms with Gasteiger partial charge in [0.2, 0.25) is 0 Å². The lowest BCUT2D eigenvalue weighted by Crippen LogP contribution is -2.19. The topological polar surface area (TPSA) is 78.8 Å². The first-order valence-electron chi connectivity index (χ1n) is 5.79. The number of para-hydroxylation sites is 1. The van der Waals surface area contributed by atoms with Crippen LogP contribution in [0.5, 0.6) is 5.75 Å². The predicted octanol–water partition coefficient (Wildman–Crippen LogP) is 2.93. The SMILES string of the molecule is CSc1nc(-c2ccccc2OC(F)(F)F)c(C#N)c(=O)[nH]1.